The van der Waals surface area contributed by atoms with Crippen molar-refractivity contribution in [2.24, 2.45) is 0 Å². The number of aryl methyl sites for hydroxylation is 3. The molecule has 0 saturated carbocycles. The van der Waals surface area contributed by atoms with Crippen LogP contribution in [-0.4, -0.2) is 79.6 Å². The number of benzene rings is 6. The third-order valence-electron chi connectivity index (χ3n) is 22.8. The van der Waals surface area contributed by atoms with Crippen molar-refractivity contribution in [2.75, 3.05) is 0 Å². The Balaban J connectivity index is 0.000000121. The molecule has 0 bridgehead atoms. The molecule has 0 fully saturated rings. The van der Waals surface area contributed by atoms with Gasteiger partial charge in [-0.25, -0.2) is 48.7 Å². The van der Waals surface area contributed by atoms with Crippen LogP contribution in [0.15, 0.2) is 303 Å². The predicted octanol–water partition coefficient (Wildman–Crippen LogP) is 22.7. The fraction of sp³-hybridized carbons (Fsp3) is 0.0648. The average molecular weight is 1920 g/mol. The summed E-state index contributed by atoms with van der Waals surface area (Å²) in [5.41, 5.74) is 18.9. The molecule has 0 unspecified atom stereocenters. The molecule has 140 heavy (non-hydrogen) atoms. The van der Waals surface area contributed by atoms with Crippen molar-refractivity contribution in [3.05, 3.63) is 412 Å². The van der Waals surface area contributed by atoms with Gasteiger partial charge < -0.3 is 29.5 Å². The number of pyridine rings is 14. The molecule has 0 amide bonds. The van der Waals surface area contributed by atoms with E-state index in [-0.39, 0.29) is 65.7 Å². The number of hydrogen-bond donors (Lipinski definition) is 6. The molecule has 0 atom stereocenters. The smallest absolute Gasteiger partial charge is 0.250 e. The van der Waals surface area contributed by atoms with E-state index < -0.39 is 11.6 Å². The van der Waals surface area contributed by atoms with Gasteiger partial charge in [-0.1, -0.05) is 119 Å². The first-order chi connectivity index (χ1) is 67.6. The van der Waals surface area contributed by atoms with E-state index in [1.165, 1.54) is 60.9 Å². The van der Waals surface area contributed by atoms with E-state index in [1.807, 2.05) is 137 Å². The average Bonchev–Trinajstić information content (AvgIpc) is 0.974. The number of nitrogens with zero attached hydrogens (tertiary/aromatic N) is 14. The summed E-state index contributed by atoms with van der Waals surface area (Å²) < 4.78 is 30.8. The van der Waals surface area contributed by atoms with Crippen LogP contribution in [0.3, 0.4) is 0 Å². The first-order valence-electron chi connectivity index (χ1n) is 43.0. The monoisotopic (exact) mass is 1920 g/mol. The van der Waals surface area contributed by atoms with Crippen molar-refractivity contribution in [1.29, 1.82) is 21.0 Å². The van der Waals surface area contributed by atoms with Crippen molar-refractivity contribution in [2.45, 2.75) is 47.6 Å². The highest BCUT2D eigenvalue weighted by Gasteiger charge is 2.25. The zero-order chi connectivity index (χ0) is 98.4. The lowest BCUT2D eigenvalue weighted by Gasteiger charge is -2.14. The van der Waals surface area contributed by atoms with Crippen LogP contribution < -0.4 is 32.7 Å². The molecule has 680 valence electrons. The normalized spacial score (nSPS) is 10.9. The van der Waals surface area contributed by atoms with Crippen molar-refractivity contribution >= 4 is 112 Å². The molecule has 26 nitrogen and oxygen atoms in total. The Morgan fingerprint density at radius 1 is 0.350 bits per heavy atom. The molecule has 15 aromatic heterocycles. The minimum atomic E-state index is -0.673. The van der Waals surface area contributed by atoms with Gasteiger partial charge in [0, 0.05) is 163 Å². The number of halogens is 6. The van der Waals surface area contributed by atoms with Crippen LogP contribution in [0.1, 0.15) is 64.8 Å². The van der Waals surface area contributed by atoms with E-state index >= 15 is 0 Å². The third-order valence-corrected chi connectivity index (χ3v) is 23.7. The van der Waals surface area contributed by atoms with E-state index in [9.17, 15) is 58.6 Å². The highest BCUT2D eigenvalue weighted by Crippen LogP contribution is 2.43. The van der Waals surface area contributed by atoms with E-state index in [4.69, 9.17) is 61.4 Å². The first kappa shape index (κ1) is 93.8. The van der Waals surface area contributed by atoms with Crippen LogP contribution in [0.4, 0.5) is 8.78 Å². The Kier molecular flexibility index (Phi) is 27.0. The second kappa shape index (κ2) is 40.3. The van der Waals surface area contributed by atoms with Crippen molar-refractivity contribution in [1.82, 2.24) is 79.6 Å². The maximum atomic E-state index is 14.9. The Morgan fingerprint density at radius 3 is 1.21 bits per heavy atom. The zero-order valence-electron chi connectivity index (χ0n) is 74.5. The summed E-state index contributed by atoms with van der Waals surface area (Å²) in [6.07, 6.45) is 11.3. The molecule has 21 rings (SSSR count). The van der Waals surface area contributed by atoms with E-state index in [0.29, 0.717) is 138 Å². The number of hydrogen-bond acceptors (Lipinski definition) is 19. The summed E-state index contributed by atoms with van der Waals surface area (Å²) >= 11 is 24.9. The van der Waals surface area contributed by atoms with Crippen LogP contribution in [0.5, 0.6) is 0 Å². The van der Waals surface area contributed by atoms with Gasteiger partial charge in [0.1, 0.15) is 67.5 Å². The predicted molar refractivity (Wildman–Crippen MR) is 542 cm³/mol. The quantitative estimate of drug-likeness (QED) is 0.0655. The van der Waals surface area contributed by atoms with Crippen LogP contribution in [0, 0.1) is 84.7 Å². The third kappa shape index (κ3) is 19.5. The maximum Gasteiger partial charge on any atom is 0.250 e. The Hall–Kier alpha value is -18.0. The number of rotatable bonds is 11. The lowest BCUT2D eigenvalue weighted by Crippen LogP contribution is -2.20. The molecule has 21 aromatic rings. The number of H-pyrrole nitrogens is 6. The molecule has 0 aliphatic rings. The van der Waals surface area contributed by atoms with Crippen LogP contribution in [-0.2, 0) is 0 Å². The van der Waals surface area contributed by atoms with Crippen LogP contribution in [0.25, 0.3) is 178 Å². The molecule has 32 heteroatoms. The fourth-order valence-electron chi connectivity index (χ4n) is 16.2. The van der Waals surface area contributed by atoms with Crippen molar-refractivity contribution < 1.29 is 8.78 Å². The standard InChI is InChI=1S/C22H12ClN5O.C22H15ClN4O.C22H19N3O2.2C21H12ClFN4O/c23-18-8-14(7-15-11-26-28-21(15)18)16-9-17-19(29)4-5-25-22(17)27-20(16)13-3-1-2-12(6-13)10-24;1-12-8-15(9-20(23)26-12)17-10-18-19(28)6-7-25-22(18)27-21(17)16-5-3-4-14(11-24)13(16)2;1-14(2)25-13-16(8-9-20(25)27)17-12-18-19(26)10-11-23-22(18)24-21(17)15-6-4-3-5-7-15;1-11-7-12(8-19(22)26-11)14-9-15-18(28)5-6-25-21(15)27-20(14)13-3-2-4-17(23)16(13)10-24;1-11-7-13(8-18(22)26-11)15-9-16-17(28)5-6-25-21(16)27-20(15)14-4-2-3-12(10-24)19(14)23/h1-9,11H,(H,26,28)(H,25,27,29);3-10H,1-2H3,(H,25,27,28);3-14H,1-2H3,(H,23,24,26);2*2-9H,1H3,(H,25,27,28). The molecule has 0 radical (unpaired) electrons. The Labute approximate surface area is 812 Å². The molecule has 6 aromatic carbocycles. The molecular weight excluding hydrogens is 1850 g/mol. The minimum Gasteiger partial charge on any atom is -0.346 e. The second-order valence-electron chi connectivity index (χ2n) is 32.3. The zero-order valence-corrected chi connectivity index (χ0v) is 77.6. The van der Waals surface area contributed by atoms with Crippen molar-refractivity contribution in [3.8, 4) is 136 Å². The molecule has 6 N–H and O–H groups in total. The summed E-state index contributed by atoms with van der Waals surface area (Å²) in [5, 5.41) is 48.8. The van der Waals surface area contributed by atoms with Gasteiger partial charge in [0.15, 0.2) is 27.1 Å². The molecule has 0 aliphatic heterocycles. The lowest BCUT2D eigenvalue weighted by atomic mass is 9.94. The first-order valence-corrected chi connectivity index (χ1v) is 44.5. The summed E-state index contributed by atoms with van der Waals surface area (Å²) in [5.74, 6) is -1.31. The maximum absolute atomic E-state index is 14.9. The van der Waals surface area contributed by atoms with Gasteiger partial charge in [0.25, 0.3) is 5.56 Å². The summed E-state index contributed by atoms with van der Waals surface area (Å²) in [4.78, 5) is 125. The fourth-order valence-corrected chi connectivity index (χ4v) is 17.2. The van der Waals surface area contributed by atoms with Crippen molar-refractivity contribution in [3.63, 3.8) is 0 Å². The highest BCUT2D eigenvalue weighted by atomic mass is 35.5. The van der Waals surface area contributed by atoms with E-state index in [2.05, 4.69) is 72.2 Å². The highest BCUT2D eigenvalue weighted by molar-refractivity contribution is 6.35. The number of fused-ring (bicyclic) bond motifs is 6. The summed E-state index contributed by atoms with van der Waals surface area (Å²) in [7, 11) is 0. The topological polar surface area (TPSA) is 413 Å². The number of nitriles is 4. The number of aromatic amines is 6. The molecular formula is C108H70Cl4F2N20O6. The van der Waals surface area contributed by atoms with Gasteiger partial charge in [0.05, 0.1) is 107 Å². The van der Waals surface area contributed by atoms with E-state index in [1.54, 1.807) is 134 Å². The minimum absolute atomic E-state index is 0.0365. The SMILES string of the molecule is CC(C)n1cc(-c2cc3c(=O)cc[nH]c3nc2-c2ccccc2)ccc1=O.Cc1cc(-c2cc3c(=O)cc[nH]c3nc2-c2cccc(C#N)c2C)cc(Cl)n1.Cc1cc(-c2cc3c(=O)cc[nH]c3nc2-c2cccc(C#N)c2F)cc(Cl)n1.Cc1cc(-c2cc3c(=O)cc[nH]c3nc2-c2cccc(F)c2C#N)cc(Cl)n1.N#Cc1cccc(-c2nc3[nH]ccc(=O)c3cc2-c2cc(Cl)c3[nH]ncc3c2)c1. The van der Waals surface area contributed by atoms with E-state index in [0.717, 1.165) is 77.9 Å². The van der Waals surface area contributed by atoms with Gasteiger partial charge in [0.2, 0.25) is 0 Å². The van der Waals surface area contributed by atoms with Gasteiger partial charge in [-0.3, -0.25) is 33.9 Å². The van der Waals surface area contributed by atoms with Gasteiger partial charge >= 0.3 is 0 Å². The lowest BCUT2D eigenvalue weighted by molar-refractivity contribution is 0.579. The molecule has 15 heterocycles. The summed E-state index contributed by atoms with van der Waals surface area (Å²) in [6.45, 7) is 11.3. The van der Waals surface area contributed by atoms with Crippen LogP contribution >= 0.6 is 46.4 Å². The number of nitrogens with one attached hydrogen (secondary N) is 6. The van der Waals surface area contributed by atoms with Gasteiger partial charge in [-0.15, -0.1) is 0 Å². The molecule has 0 saturated heterocycles. The summed E-state index contributed by atoms with van der Waals surface area (Å²) in [6, 6.07) is 73.2. The Bertz CT molecular complexity index is 8940. The van der Waals surface area contributed by atoms with Gasteiger partial charge in [-0.2, -0.15) is 26.1 Å². The van der Waals surface area contributed by atoms with Crippen LogP contribution in [0.2, 0.25) is 20.5 Å². The Morgan fingerprint density at radius 2 is 0.750 bits per heavy atom. The van der Waals surface area contributed by atoms with Gasteiger partial charge in [-0.05, 0) is 191 Å². The second-order valence-corrected chi connectivity index (χ2v) is 33.9. The largest absolute Gasteiger partial charge is 0.346 e. The molecule has 0 spiro atoms. The number of aromatic nitrogens is 16. The molecule has 0 aliphatic carbocycles.